The number of nitrogens with two attached hydrogens (primary N) is 1. The van der Waals surface area contributed by atoms with Gasteiger partial charge in [0.1, 0.15) is 0 Å². The maximum absolute atomic E-state index is 6.03. The largest absolute Gasteiger partial charge is 0.327 e. The van der Waals surface area contributed by atoms with Crippen LogP contribution in [0.5, 0.6) is 0 Å². The molecule has 4 heteroatoms. The van der Waals surface area contributed by atoms with Crippen molar-refractivity contribution in [1.82, 2.24) is 0 Å². The van der Waals surface area contributed by atoms with E-state index >= 15 is 0 Å². The third-order valence-corrected chi connectivity index (χ3v) is 4.78. The molecule has 80 valence electrons. The second-order valence-corrected chi connectivity index (χ2v) is 6.94. The third kappa shape index (κ3) is 4.82. The van der Waals surface area contributed by atoms with Crippen molar-refractivity contribution in [2.75, 3.05) is 11.5 Å². The molecule has 0 aliphatic rings. The molecule has 14 heavy (non-hydrogen) atoms. The molecule has 0 saturated carbocycles. The van der Waals surface area contributed by atoms with Crippen LogP contribution in [0.2, 0.25) is 0 Å². The Balaban J connectivity index is 2.23. The van der Waals surface area contributed by atoms with Gasteiger partial charge in [-0.15, -0.1) is 11.3 Å². The van der Waals surface area contributed by atoms with E-state index in [2.05, 4.69) is 35.0 Å². The number of hydrogen-bond acceptors (Lipinski definition) is 3. The van der Waals surface area contributed by atoms with E-state index in [0.29, 0.717) is 6.04 Å². The summed E-state index contributed by atoms with van der Waals surface area (Å²) in [6.07, 6.45) is 2.24. The predicted octanol–water partition coefficient (Wildman–Crippen LogP) is 3.52. The summed E-state index contributed by atoms with van der Waals surface area (Å²) in [6, 6.07) is 4.54. The zero-order valence-electron chi connectivity index (χ0n) is 8.33. The first-order valence-corrected chi connectivity index (χ1v) is 7.56. The zero-order chi connectivity index (χ0) is 10.4. The van der Waals surface area contributed by atoms with Gasteiger partial charge in [-0.05, 0) is 46.7 Å². The van der Waals surface area contributed by atoms with Crippen molar-refractivity contribution in [1.29, 1.82) is 0 Å². The minimum Gasteiger partial charge on any atom is -0.327 e. The summed E-state index contributed by atoms with van der Waals surface area (Å²) in [5, 5.41) is 0. The predicted molar refractivity (Wildman–Crippen MR) is 71.3 cm³/mol. The topological polar surface area (TPSA) is 26.0 Å². The van der Waals surface area contributed by atoms with Gasteiger partial charge < -0.3 is 5.73 Å². The highest BCUT2D eigenvalue weighted by Crippen LogP contribution is 2.23. The number of rotatable bonds is 6. The van der Waals surface area contributed by atoms with Crippen molar-refractivity contribution in [3.63, 3.8) is 0 Å². The highest BCUT2D eigenvalue weighted by atomic mass is 79.9. The van der Waals surface area contributed by atoms with Gasteiger partial charge in [-0.1, -0.05) is 6.92 Å². The Kier molecular flexibility index (Phi) is 6.17. The van der Waals surface area contributed by atoms with Gasteiger partial charge >= 0.3 is 0 Å². The van der Waals surface area contributed by atoms with Gasteiger partial charge in [0.2, 0.25) is 0 Å². The van der Waals surface area contributed by atoms with E-state index in [0.717, 1.165) is 12.2 Å². The quantitative estimate of drug-likeness (QED) is 0.812. The molecule has 0 bridgehead atoms. The van der Waals surface area contributed by atoms with E-state index in [-0.39, 0.29) is 0 Å². The van der Waals surface area contributed by atoms with Gasteiger partial charge in [0.15, 0.2) is 0 Å². The molecule has 0 aliphatic heterocycles. The maximum Gasteiger partial charge on any atom is 0.0701 e. The van der Waals surface area contributed by atoms with Crippen molar-refractivity contribution in [3.05, 3.63) is 20.8 Å². The van der Waals surface area contributed by atoms with E-state index in [4.69, 9.17) is 5.73 Å². The normalized spacial score (nSPS) is 13.1. The molecule has 0 aromatic carbocycles. The van der Waals surface area contributed by atoms with Gasteiger partial charge in [0, 0.05) is 16.7 Å². The van der Waals surface area contributed by atoms with Crippen LogP contribution in [0.4, 0.5) is 0 Å². The van der Waals surface area contributed by atoms with Crippen molar-refractivity contribution >= 4 is 39.0 Å². The summed E-state index contributed by atoms with van der Waals surface area (Å²) < 4.78 is 1.20. The molecule has 0 aliphatic carbocycles. The molecule has 1 aromatic heterocycles. The second-order valence-electron chi connectivity index (χ2n) is 3.24. The summed E-state index contributed by atoms with van der Waals surface area (Å²) >= 11 is 7.20. The Hall–Kier alpha value is 0.490. The molecule has 0 saturated heterocycles. The summed E-state index contributed by atoms with van der Waals surface area (Å²) in [4.78, 5) is 1.38. The molecule has 0 radical (unpaired) electrons. The van der Waals surface area contributed by atoms with Crippen LogP contribution in [0.3, 0.4) is 0 Å². The lowest BCUT2D eigenvalue weighted by Gasteiger charge is -2.08. The van der Waals surface area contributed by atoms with E-state index in [1.54, 1.807) is 11.3 Å². The van der Waals surface area contributed by atoms with Crippen LogP contribution in [0.15, 0.2) is 15.9 Å². The van der Waals surface area contributed by atoms with Crippen LogP contribution in [0.1, 0.15) is 18.2 Å². The van der Waals surface area contributed by atoms with Crippen LogP contribution >= 0.6 is 39.0 Å². The molecule has 0 spiro atoms. The molecule has 2 N–H and O–H groups in total. The lowest BCUT2D eigenvalue weighted by molar-refractivity contribution is 0.757. The van der Waals surface area contributed by atoms with Crippen molar-refractivity contribution in [2.24, 2.45) is 5.73 Å². The highest BCUT2D eigenvalue weighted by molar-refractivity contribution is 9.11. The first-order chi connectivity index (χ1) is 6.72. The molecule has 0 amide bonds. The molecule has 1 unspecified atom stereocenters. The Bertz CT molecular complexity index is 262. The van der Waals surface area contributed by atoms with Crippen LogP contribution < -0.4 is 5.73 Å². The Labute approximate surface area is 103 Å². The van der Waals surface area contributed by atoms with E-state index in [9.17, 15) is 0 Å². The van der Waals surface area contributed by atoms with Gasteiger partial charge in [-0.25, -0.2) is 0 Å². The summed E-state index contributed by atoms with van der Waals surface area (Å²) in [6.45, 7) is 2.20. The number of hydrogen-bond donors (Lipinski definition) is 1. The molecular weight excluding hydrogens is 278 g/mol. The molecule has 1 aromatic rings. The maximum atomic E-state index is 6.03. The first kappa shape index (κ1) is 12.6. The number of halogens is 1. The van der Waals surface area contributed by atoms with Gasteiger partial charge in [0.25, 0.3) is 0 Å². The van der Waals surface area contributed by atoms with E-state index in [1.807, 2.05) is 11.8 Å². The molecular formula is C10H16BrNS2. The fourth-order valence-corrected chi connectivity index (χ4v) is 3.61. The van der Waals surface area contributed by atoms with Crippen LogP contribution in [-0.2, 0) is 6.42 Å². The standard InChI is InChI=1S/C10H16BrNS2/c1-2-5-13-7-8(12)6-9-3-4-10(11)14-9/h3-4,8H,2,5-7,12H2,1H3. The zero-order valence-corrected chi connectivity index (χ0v) is 11.6. The van der Waals surface area contributed by atoms with E-state index in [1.165, 1.54) is 20.8 Å². The highest BCUT2D eigenvalue weighted by Gasteiger charge is 2.05. The SMILES string of the molecule is CCCSCC(N)Cc1ccc(Br)s1. The minimum absolute atomic E-state index is 0.303. The van der Waals surface area contributed by atoms with Crippen molar-refractivity contribution in [3.8, 4) is 0 Å². The number of thiophene rings is 1. The summed E-state index contributed by atoms with van der Waals surface area (Å²) in [7, 11) is 0. The fraction of sp³-hybridized carbons (Fsp3) is 0.600. The summed E-state index contributed by atoms with van der Waals surface area (Å²) in [5.74, 6) is 2.30. The van der Waals surface area contributed by atoms with Gasteiger partial charge in [-0.3, -0.25) is 0 Å². The lowest BCUT2D eigenvalue weighted by atomic mass is 10.2. The second kappa shape index (κ2) is 6.88. The fourth-order valence-electron chi connectivity index (χ4n) is 1.16. The molecule has 0 fully saturated rings. The van der Waals surface area contributed by atoms with Gasteiger partial charge in [0.05, 0.1) is 3.79 Å². The smallest absolute Gasteiger partial charge is 0.0701 e. The van der Waals surface area contributed by atoms with Crippen LogP contribution in [0, 0.1) is 0 Å². The van der Waals surface area contributed by atoms with Crippen LogP contribution in [-0.4, -0.2) is 17.5 Å². The average Bonchev–Trinajstić information content (AvgIpc) is 2.52. The lowest BCUT2D eigenvalue weighted by Crippen LogP contribution is -2.25. The first-order valence-electron chi connectivity index (χ1n) is 4.80. The summed E-state index contributed by atoms with van der Waals surface area (Å²) in [5.41, 5.74) is 6.03. The molecule has 1 atom stereocenters. The third-order valence-electron chi connectivity index (χ3n) is 1.77. The molecule has 1 nitrogen and oxygen atoms in total. The van der Waals surface area contributed by atoms with Crippen molar-refractivity contribution < 1.29 is 0 Å². The Morgan fingerprint density at radius 1 is 1.57 bits per heavy atom. The molecule has 1 rings (SSSR count). The molecule has 1 heterocycles. The minimum atomic E-state index is 0.303. The Morgan fingerprint density at radius 3 is 2.93 bits per heavy atom. The average molecular weight is 294 g/mol. The van der Waals surface area contributed by atoms with E-state index < -0.39 is 0 Å². The number of thioether (sulfide) groups is 1. The van der Waals surface area contributed by atoms with Crippen molar-refractivity contribution in [2.45, 2.75) is 25.8 Å². The monoisotopic (exact) mass is 293 g/mol. The Morgan fingerprint density at radius 2 is 2.36 bits per heavy atom. The van der Waals surface area contributed by atoms with Gasteiger partial charge in [-0.2, -0.15) is 11.8 Å². The van der Waals surface area contributed by atoms with Crippen LogP contribution in [0.25, 0.3) is 0 Å².